The van der Waals surface area contributed by atoms with E-state index in [0.29, 0.717) is 12.1 Å². The zero-order valence-corrected chi connectivity index (χ0v) is 15.6. The van der Waals surface area contributed by atoms with E-state index in [1.165, 1.54) is 0 Å². The maximum absolute atomic E-state index is 13.1. The number of hydrogen-bond acceptors (Lipinski definition) is 2. The summed E-state index contributed by atoms with van der Waals surface area (Å²) in [6.45, 7) is 0. The molecule has 0 N–H and O–H groups in total. The van der Waals surface area contributed by atoms with E-state index < -0.39 is 40.2 Å². The topological polar surface area (TPSA) is 45.8 Å². The number of nitriles is 1. The minimum absolute atomic E-state index is 0.144. The van der Waals surface area contributed by atoms with E-state index in [9.17, 15) is 21.8 Å². The minimum atomic E-state index is -5.00. The molecule has 3 nitrogen and oxygen atoms in total. The number of halogens is 8. The Morgan fingerprint density at radius 2 is 1.68 bits per heavy atom. The van der Waals surface area contributed by atoms with Gasteiger partial charge in [-0.1, -0.05) is 23.2 Å². The standard InChI is InChI=1S/C13H6Cl4F4N2OS/c14-9-1-8(13(19,20)21)2-10(15)12(9)23-4-7(3-22)11(5-23)25(16,17,24)6-18/h1-2,4-5H,6H2. The molecular formula is C13H6Cl4F4N2OS. The van der Waals surface area contributed by atoms with Gasteiger partial charge in [-0.2, -0.15) is 18.4 Å². The van der Waals surface area contributed by atoms with Crippen LogP contribution in [-0.2, 0) is 13.7 Å². The molecule has 0 saturated heterocycles. The second kappa shape index (κ2) is 6.32. The summed E-state index contributed by atoms with van der Waals surface area (Å²) in [7, 11) is 6.23. The van der Waals surface area contributed by atoms with Gasteiger partial charge < -0.3 is 4.57 Å². The van der Waals surface area contributed by atoms with Crippen molar-refractivity contribution < 1.29 is 21.8 Å². The molecule has 0 aliphatic rings. The first-order valence-electron chi connectivity index (χ1n) is 6.13. The summed E-state index contributed by atoms with van der Waals surface area (Å²) < 4.78 is 64.7. The Hall–Kier alpha value is -0.980. The van der Waals surface area contributed by atoms with E-state index in [-0.39, 0.29) is 11.3 Å². The molecule has 2 rings (SSSR count). The average molecular weight is 456 g/mol. The van der Waals surface area contributed by atoms with Crippen LogP contribution in [-0.4, -0.2) is 14.8 Å². The fourth-order valence-corrected chi connectivity index (χ4v) is 4.35. The molecule has 1 aromatic heterocycles. The molecule has 0 bridgehead atoms. The van der Waals surface area contributed by atoms with E-state index in [0.717, 1.165) is 17.0 Å². The summed E-state index contributed by atoms with van der Waals surface area (Å²) in [5, 5.41) is 8.29. The van der Waals surface area contributed by atoms with Crippen molar-refractivity contribution in [2.75, 3.05) is 6.01 Å². The van der Waals surface area contributed by atoms with Gasteiger partial charge in [0.15, 0.2) is 6.01 Å². The Morgan fingerprint density at radius 1 is 1.16 bits per heavy atom. The Balaban J connectivity index is 2.72. The summed E-state index contributed by atoms with van der Waals surface area (Å²) in [5.41, 5.74) is -1.57. The van der Waals surface area contributed by atoms with Gasteiger partial charge in [0.05, 0.1) is 39.2 Å². The van der Waals surface area contributed by atoms with Crippen LogP contribution in [0.4, 0.5) is 17.6 Å². The number of benzene rings is 1. The van der Waals surface area contributed by atoms with Gasteiger partial charge in [-0.15, -0.1) is 0 Å². The third-order valence-corrected chi connectivity index (χ3v) is 6.69. The van der Waals surface area contributed by atoms with Crippen molar-refractivity contribution in [1.29, 1.82) is 5.26 Å². The molecule has 0 aliphatic carbocycles. The minimum Gasteiger partial charge on any atom is -0.319 e. The van der Waals surface area contributed by atoms with E-state index in [4.69, 9.17) is 49.8 Å². The molecule has 0 atom stereocenters. The molecule has 136 valence electrons. The molecule has 1 aromatic carbocycles. The molecule has 0 aliphatic heterocycles. The molecule has 0 unspecified atom stereocenters. The number of rotatable bonds is 3. The van der Waals surface area contributed by atoms with E-state index in [2.05, 4.69) is 0 Å². The lowest BCUT2D eigenvalue weighted by atomic mass is 10.2. The maximum Gasteiger partial charge on any atom is 0.416 e. The van der Waals surface area contributed by atoms with Gasteiger partial charge in [-0.3, -0.25) is 0 Å². The van der Waals surface area contributed by atoms with Gasteiger partial charge in [0, 0.05) is 12.4 Å². The first-order chi connectivity index (χ1) is 11.3. The van der Waals surface area contributed by atoms with Gasteiger partial charge in [-0.25, -0.2) is 8.60 Å². The van der Waals surface area contributed by atoms with Crippen LogP contribution in [0.3, 0.4) is 0 Å². The normalized spacial score (nSPS) is 14.0. The van der Waals surface area contributed by atoms with Crippen molar-refractivity contribution in [3.8, 4) is 11.8 Å². The summed E-state index contributed by atoms with van der Waals surface area (Å²) in [5.74, 6) is 0. The highest BCUT2D eigenvalue weighted by Crippen LogP contribution is 2.48. The van der Waals surface area contributed by atoms with Crippen LogP contribution in [0.2, 0.25) is 10.0 Å². The predicted octanol–water partition coefficient (Wildman–Crippen LogP) is 6.09. The lowest BCUT2D eigenvalue weighted by molar-refractivity contribution is -0.137. The fourth-order valence-electron chi connectivity index (χ4n) is 1.99. The first kappa shape index (κ1) is 20.3. The molecule has 0 fully saturated rings. The zero-order chi connectivity index (χ0) is 19.2. The Labute approximate surface area is 158 Å². The average Bonchev–Trinajstić information content (AvgIpc) is 2.90. The predicted molar refractivity (Wildman–Crippen MR) is 89.6 cm³/mol. The summed E-state index contributed by atoms with van der Waals surface area (Å²) in [4.78, 5) is -0.516. The second-order valence-corrected chi connectivity index (χ2v) is 12.5. The van der Waals surface area contributed by atoms with Crippen LogP contribution >= 0.6 is 44.6 Å². The summed E-state index contributed by atoms with van der Waals surface area (Å²) in [6.07, 6.45) is -2.71. The molecule has 25 heavy (non-hydrogen) atoms. The van der Waals surface area contributed by atoms with Gasteiger partial charge in [0.25, 0.3) is 0 Å². The van der Waals surface area contributed by atoms with Crippen molar-refractivity contribution in [2.24, 2.45) is 0 Å². The van der Waals surface area contributed by atoms with Gasteiger partial charge in [0.2, 0.25) is 0 Å². The molecule has 0 spiro atoms. The summed E-state index contributed by atoms with van der Waals surface area (Å²) in [6, 6.07) is 1.22. The lowest BCUT2D eigenvalue weighted by Gasteiger charge is -2.23. The van der Waals surface area contributed by atoms with Crippen molar-refractivity contribution in [2.45, 2.75) is 11.1 Å². The SMILES string of the molecule is N#Cc1cn(-c2c(Cl)cc(C(F)(F)F)cc2Cl)cc1S(=O)(Cl)(Cl)CF. The zero-order valence-electron chi connectivity index (χ0n) is 11.8. The molecule has 0 amide bonds. The summed E-state index contributed by atoms with van der Waals surface area (Å²) >= 11 is 11.7. The first-order valence-corrected chi connectivity index (χ1v) is 10.7. The molecule has 1 heterocycles. The smallest absolute Gasteiger partial charge is 0.319 e. The second-order valence-electron chi connectivity index (χ2n) is 4.85. The largest absolute Gasteiger partial charge is 0.416 e. The number of alkyl halides is 4. The third kappa shape index (κ3) is 3.91. The Morgan fingerprint density at radius 3 is 2.08 bits per heavy atom. The van der Waals surface area contributed by atoms with Gasteiger partial charge in [-0.05, 0) is 33.5 Å². The molecular weight excluding hydrogens is 450 g/mol. The number of aromatic nitrogens is 1. The van der Waals surface area contributed by atoms with Gasteiger partial charge in [0.1, 0.15) is 6.07 Å². The number of hydrogen-bond donors (Lipinski definition) is 0. The van der Waals surface area contributed by atoms with E-state index in [1.54, 1.807) is 6.07 Å². The van der Waals surface area contributed by atoms with Crippen LogP contribution in [0.25, 0.3) is 5.69 Å². The van der Waals surface area contributed by atoms with Crippen LogP contribution in [0.15, 0.2) is 29.4 Å². The third-order valence-electron chi connectivity index (χ3n) is 3.11. The monoisotopic (exact) mass is 454 g/mol. The molecule has 12 heteroatoms. The van der Waals surface area contributed by atoms with Crippen molar-refractivity contribution in [1.82, 2.24) is 4.57 Å². The van der Waals surface area contributed by atoms with E-state index >= 15 is 0 Å². The highest BCUT2D eigenvalue weighted by atomic mass is 36.0. The number of nitrogens with zero attached hydrogens (tertiary/aromatic N) is 2. The van der Waals surface area contributed by atoms with Gasteiger partial charge >= 0.3 is 6.18 Å². The maximum atomic E-state index is 13.1. The fraction of sp³-hybridized carbons (Fsp3) is 0.154. The van der Waals surface area contributed by atoms with E-state index in [1.807, 2.05) is 0 Å². The quantitative estimate of drug-likeness (QED) is 0.415. The lowest BCUT2D eigenvalue weighted by Crippen LogP contribution is -2.19. The molecule has 2 aromatic rings. The molecule has 0 radical (unpaired) electrons. The van der Waals surface area contributed by atoms with Crippen LogP contribution in [0.5, 0.6) is 0 Å². The van der Waals surface area contributed by atoms with Crippen molar-refractivity contribution in [3.63, 3.8) is 0 Å². The van der Waals surface area contributed by atoms with Crippen LogP contribution in [0, 0.1) is 11.3 Å². The Kier molecular flexibility index (Phi) is 5.14. The van der Waals surface area contributed by atoms with Crippen molar-refractivity contribution >= 4 is 52.1 Å². The highest BCUT2D eigenvalue weighted by Gasteiger charge is 2.39. The highest BCUT2D eigenvalue weighted by molar-refractivity contribution is 8.53. The molecule has 0 saturated carbocycles. The van der Waals surface area contributed by atoms with Crippen LogP contribution in [0.1, 0.15) is 11.1 Å². The van der Waals surface area contributed by atoms with Crippen LogP contribution < -0.4 is 0 Å². The van der Waals surface area contributed by atoms with Crippen molar-refractivity contribution in [3.05, 3.63) is 45.7 Å². The Bertz CT molecular complexity index is 935.